The van der Waals surface area contributed by atoms with Gasteiger partial charge in [-0.05, 0) is 37.0 Å². The van der Waals surface area contributed by atoms with Crippen molar-refractivity contribution in [3.63, 3.8) is 0 Å². The normalized spacial score (nSPS) is 15.0. The third-order valence-corrected chi connectivity index (χ3v) is 6.97. The van der Waals surface area contributed by atoms with Gasteiger partial charge in [0, 0.05) is 24.0 Å². The van der Waals surface area contributed by atoms with Crippen LogP contribution in [-0.4, -0.2) is 44.2 Å². The Hall–Kier alpha value is -3.13. The number of hydrogen-bond acceptors (Lipinski definition) is 4. The first-order chi connectivity index (χ1) is 15.5. The second-order valence-corrected chi connectivity index (χ2v) is 9.18. The van der Waals surface area contributed by atoms with E-state index in [1.807, 2.05) is 29.2 Å². The number of aromatic amines is 1. The molecule has 164 valence electrons. The van der Waals surface area contributed by atoms with E-state index in [2.05, 4.69) is 11.9 Å². The minimum atomic E-state index is -0.523. The zero-order chi connectivity index (χ0) is 22.2. The van der Waals surface area contributed by atoms with Crippen LogP contribution < -0.4 is 5.56 Å². The van der Waals surface area contributed by atoms with Gasteiger partial charge in [0.05, 0.1) is 11.4 Å². The predicted molar refractivity (Wildman–Crippen MR) is 125 cm³/mol. The molecule has 0 spiro atoms. The van der Waals surface area contributed by atoms with Crippen molar-refractivity contribution in [2.24, 2.45) is 5.92 Å². The summed E-state index contributed by atoms with van der Waals surface area (Å²) in [7, 11) is 0. The molecule has 0 atom stereocenters. The van der Waals surface area contributed by atoms with E-state index < -0.39 is 11.4 Å². The molecule has 1 saturated heterocycles. The third-order valence-electron chi connectivity index (χ3n) is 6.05. The molecule has 0 unspecified atom stereocenters. The molecule has 1 aliphatic heterocycles. The number of para-hydroxylation sites is 2. The molecule has 5 rings (SSSR count). The van der Waals surface area contributed by atoms with Crippen LogP contribution in [-0.2, 0) is 4.79 Å². The summed E-state index contributed by atoms with van der Waals surface area (Å²) < 4.78 is 16.0. The number of carbonyl (C=O) groups is 1. The molecule has 1 aliphatic rings. The Labute approximate surface area is 188 Å². The molecule has 3 heterocycles. The molecular formula is C24H23FN4O2S. The first kappa shape index (κ1) is 20.8. The Kier molecular flexibility index (Phi) is 5.46. The minimum absolute atomic E-state index is 0.00950. The number of carbonyl (C=O) groups excluding carboxylic acids is 1. The number of nitrogens with zero attached hydrogens (tertiary/aromatic N) is 3. The zero-order valence-corrected chi connectivity index (χ0v) is 18.5. The molecular weight excluding hydrogens is 427 g/mol. The summed E-state index contributed by atoms with van der Waals surface area (Å²) in [5.74, 6) is 0.257. The highest BCUT2D eigenvalue weighted by atomic mass is 32.2. The van der Waals surface area contributed by atoms with Crippen LogP contribution in [0, 0.1) is 11.7 Å². The second kappa shape index (κ2) is 8.43. The third kappa shape index (κ3) is 3.68. The summed E-state index contributed by atoms with van der Waals surface area (Å²) in [4.78, 5) is 36.0. The van der Waals surface area contributed by atoms with Gasteiger partial charge in [0.1, 0.15) is 16.9 Å². The SMILES string of the molecule is CC1CCN(C(=O)CSc2nc3c([nH]c4ccccc43)c(=O)n2-c2ccccc2F)CC1. The smallest absolute Gasteiger partial charge is 0.283 e. The first-order valence-electron chi connectivity index (χ1n) is 10.7. The Balaban J connectivity index is 1.59. The Morgan fingerprint density at radius 3 is 2.66 bits per heavy atom. The lowest BCUT2D eigenvalue weighted by Gasteiger charge is -2.30. The number of rotatable bonds is 4. The molecule has 1 N–H and O–H groups in total. The predicted octanol–water partition coefficient (Wildman–Crippen LogP) is 4.36. The van der Waals surface area contributed by atoms with Crippen molar-refractivity contribution in [2.45, 2.75) is 24.9 Å². The van der Waals surface area contributed by atoms with Gasteiger partial charge in [-0.25, -0.2) is 9.37 Å². The summed E-state index contributed by atoms with van der Waals surface area (Å²) in [5.41, 5.74) is 1.35. The highest BCUT2D eigenvalue weighted by Gasteiger charge is 2.23. The fourth-order valence-electron chi connectivity index (χ4n) is 4.16. The number of halogens is 1. The van der Waals surface area contributed by atoms with E-state index in [1.165, 1.54) is 22.4 Å². The van der Waals surface area contributed by atoms with Crippen LogP contribution in [0.3, 0.4) is 0 Å². The molecule has 1 fully saturated rings. The highest BCUT2D eigenvalue weighted by molar-refractivity contribution is 7.99. The summed E-state index contributed by atoms with van der Waals surface area (Å²) in [5, 5.41) is 1.12. The first-order valence-corrected chi connectivity index (χ1v) is 11.7. The van der Waals surface area contributed by atoms with Gasteiger partial charge < -0.3 is 9.88 Å². The van der Waals surface area contributed by atoms with Gasteiger partial charge in [-0.15, -0.1) is 0 Å². The maximum absolute atomic E-state index is 14.7. The van der Waals surface area contributed by atoms with E-state index >= 15 is 0 Å². The van der Waals surface area contributed by atoms with Crippen LogP contribution in [0.25, 0.3) is 27.6 Å². The second-order valence-electron chi connectivity index (χ2n) is 8.23. The lowest BCUT2D eigenvalue weighted by molar-refractivity contribution is -0.129. The van der Waals surface area contributed by atoms with Crippen LogP contribution in [0.5, 0.6) is 0 Å². The van der Waals surface area contributed by atoms with E-state index in [-0.39, 0.29) is 17.3 Å². The summed E-state index contributed by atoms with van der Waals surface area (Å²) in [6.07, 6.45) is 1.99. The van der Waals surface area contributed by atoms with Crippen molar-refractivity contribution in [3.8, 4) is 5.69 Å². The van der Waals surface area contributed by atoms with E-state index in [4.69, 9.17) is 4.98 Å². The quantitative estimate of drug-likeness (QED) is 0.371. The number of nitrogens with one attached hydrogen (secondary N) is 1. The standard InChI is InChI=1S/C24H23FN4O2S/c1-15-10-12-28(13-11-15)20(30)14-32-24-27-21-16-6-2-4-8-18(16)26-22(21)23(31)29(24)19-9-5-3-7-17(19)25/h2-9,15,26H,10-14H2,1H3. The lowest BCUT2D eigenvalue weighted by Crippen LogP contribution is -2.39. The molecule has 6 nitrogen and oxygen atoms in total. The number of aromatic nitrogens is 3. The van der Waals surface area contributed by atoms with Crippen LogP contribution >= 0.6 is 11.8 Å². The molecule has 4 aromatic rings. The largest absolute Gasteiger partial charge is 0.349 e. The number of H-pyrrole nitrogens is 1. The number of hydrogen-bond donors (Lipinski definition) is 1. The Bertz CT molecular complexity index is 1370. The number of benzene rings is 2. The van der Waals surface area contributed by atoms with Crippen molar-refractivity contribution in [3.05, 3.63) is 64.7 Å². The van der Waals surface area contributed by atoms with Crippen LogP contribution in [0.4, 0.5) is 4.39 Å². The molecule has 0 saturated carbocycles. The molecule has 0 aliphatic carbocycles. The van der Waals surface area contributed by atoms with E-state index in [0.717, 1.165) is 36.8 Å². The molecule has 0 radical (unpaired) electrons. The molecule has 1 amide bonds. The maximum atomic E-state index is 14.7. The lowest BCUT2D eigenvalue weighted by atomic mass is 9.99. The monoisotopic (exact) mass is 450 g/mol. The topological polar surface area (TPSA) is 71.0 Å². The molecule has 0 bridgehead atoms. The highest BCUT2D eigenvalue weighted by Crippen LogP contribution is 2.27. The van der Waals surface area contributed by atoms with Crippen molar-refractivity contribution < 1.29 is 9.18 Å². The van der Waals surface area contributed by atoms with Crippen LogP contribution in [0.15, 0.2) is 58.5 Å². The van der Waals surface area contributed by atoms with Gasteiger partial charge in [-0.2, -0.15) is 0 Å². The fourth-order valence-corrected chi connectivity index (χ4v) is 5.06. The average Bonchev–Trinajstić information content (AvgIpc) is 3.18. The van der Waals surface area contributed by atoms with Crippen molar-refractivity contribution in [1.82, 2.24) is 19.4 Å². The van der Waals surface area contributed by atoms with Gasteiger partial charge in [0.25, 0.3) is 5.56 Å². The van der Waals surface area contributed by atoms with Crippen molar-refractivity contribution >= 4 is 39.6 Å². The van der Waals surface area contributed by atoms with E-state index in [0.29, 0.717) is 22.1 Å². The minimum Gasteiger partial charge on any atom is -0.349 e. The maximum Gasteiger partial charge on any atom is 0.283 e. The average molecular weight is 451 g/mol. The summed E-state index contributed by atoms with van der Waals surface area (Å²) >= 11 is 1.17. The fraction of sp³-hybridized carbons (Fsp3) is 0.292. The van der Waals surface area contributed by atoms with Gasteiger partial charge in [-0.3, -0.25) is 14.2 Å². The van der Waals surface area contributed by atoms with Gasteiger partial charge >= 0.3 is 0 Å². The number of likely N-dealkylation sites (tertiary alicyclic amines) is 1. The van der Waals surface area contributed by atoms with Crippen LogP contribution in [0.2, 0.25) is 0 Å². The van der Waals surface area contributed by atoms with Crippen molar-refractivity contribution in [2.75, 3.05) is 18.8 Å². The van der Waals surface area contributed by atoms with Gasteiger partial charge in [0.2, 0.25) is 5.91 Å². The number of fused-ring (bicyclic) bond motifs is 3. The zero-order valence-electron chi connectivity index (χ0n) is 17.7. The molecule has 2 aromatic heterocycles. The van der Waals surface area contributed by atoms with Crippen LogP contribution in [0.1, 0.15) is 19.8 Å². The van der Waals surface area contributed by atoms with E-state index in [9.17, 15) is 14.0 Å². The Morgan fingerprint density at radius 2 is 1.88 bits per heavy atom. The summed E-state index contributed by atoms with van der Waals surface area (Å²) in [6, 6.07) is 13.6. The molecule has 2 aromatic carbocycles. The van der Waals surface area contributed by atoms with Crippen molar-refractivity contribution in [1.29, 1.82) is 0 Å². The van der Waals surface area contributed by atoms with Gasteiger partial charge in [-0.1, -0.05) is 49.0 Å². The Morgan fingerprint density at radius 1 is 1.16 bits per heavy atom. The number of piperidine rings is 1. The number of amides is 1. The van der Waals surface area contributed by atoms with E-state index in [1.54, 1.807) is 18.2 Å². The molecule has 32 heavy (non-hydrogen) atoms. The number of thioether (sulfide) groups is 1. The molecule has 8 heteroatoms. The summed E-state index contributed by atoms with van der Waals surface area (Å²) in [6.45, 7) is 3.69. The van der Waals surface area contributed by atoms with Gasteiger partial charge in [0.15, 0.2) is 5.16 Å².